The van der Waals surface area contributed by atoms with Gasteiger partial charge < -0.3 is 4.74 Å². The van der Waals surface area contributed by atoms with Gasteiger partial charge in [0.2, 0.25) is 0 Å². The van der Waals surface area contributed by atoms with Gasteiger partial charge in [-0.25, -0.2) is 13.2 Å². The van der Waals surface area contributed by atoms with E-state index in [2.05, 4.69) is 4.72 Å². The quantitative estimate of drug-likeness (QED) is 0.527. The Labute approximate surface area is 181 Å². The number of methoxy groups -OCH3 is 1. The van der Waals surface area contributed by atoms with Gasteiger partial charge in [0.15, 0.2) is 0 Å². The molecule has 1 N–H and O–H groups in total. The highest BCUT2D eigenvalue weighted by Gasteiger charge is 2.19. The van der Waals surface area contributed by atoms with Gasteiger partial charge in [0, 0.05) is 10.7 Å². The summed E-state index contributed by atoms with van der Waals surface area (Å²) < 4.78 is 33.3. The number of benzene rings is 3. The Morgan fingerprint density at radius 2 is 1.60 bits per heavy atom. The van der Waals surface area contributed by atoms with Crippen LogP contribution in [0.5, 0.6) is 0 Å². The summed E-state index contributed by atoms with van der Waals surface area (Å²) in [7, 11) is -2.44. The molecule has 0 unspecified atom stereocenters. The predicted octanol–water partition coefficient (Wildman–Crippen LogP) is 5.52. The fraction of sp³-hybridized carbons (Fsp3) is 0.174. The minimum Gasteiger partial charge on any atom is -0.465 e. The van der Waals surface area contributed by atoms with Crippen LogP contribution in [0.15, 0.2) is 59.5 Å². The molecule has 0 atom stereocenters. The third-order valence-electron chi connectivity index (χ3n) is 4.83. The molecular formula is C23H22ClNO4S. The molecule has 0 spiro atoms. The zero-order valence-corrected chi connectivity index (χ0v) is 18.7. The number of aryl methyl sites for hydroxylation is 3. The summed E-state index contributed by atoms with van der Waals surface area (Å²) in [6.07, 6.45) is 0. The number of esters is 1. The lowest BCUT2D eigenvalue weighted by Gasteiger charge is -2.13. The number of halogens is 1. The zero-order chi connectivity index (χ0) is 22.1. The lowest BCUT2D eigenvalue weighted by molar-refractivity contribution is 0.0600. The number of sulfonamides is 1. The summed E-state index contributed by atoms with van der Waals surface area (Å²) in [6.45, 7) is 5.30. The van der Waals surface area contributed by atoms with Crippen molar-refractivity contribution in [3.63, 3.8) is 0 Å². The second kappa shape index (κ2) is 8.50. The van der Waals surface area contributed by atoms with E-state index >= 15 is 0 Å². The number of hydrogen-bond donors (Lipinski definition) is 1. The Bertz CT molecular complexity index is 1240. The standard InChI is InChI=1S/C23H22ClNO4S/c1-14-10-18(8-9-20(14)23(26)29-4)17-6-5-7-19(13-17)25-30(27,28)22-12-15(2)21(24)11-16(22)3/h5-13,25H,1-4H3. The van der Waals surface area contributed by atoms with Crippen molar-refractivity contribution in [2.45, 2.75) is 25.7 Å². The first kappa shape index (κ1) is 21.9. The smallest absolute Gasteiger partial charge is 0.338 e. The summed E-state index contributed by atoms with van der Waals surface area (Å²) in [5.41, 5.74) is 4.65. The molecule has 0 aliphatic carbocycles. The van der Waals surface area contributed by atoms with Crippen LogP contribution in [-0.2, 0) is 14.8 Å². The van der Waals surface area contributed by atoms with Crippen molar-refractivity contribution in [1.82, 2.24) is 0 Å². The molecule has 0 bridgehead atoms. The number of hydrogen-bond acceptors (Lipinski definition) is 4. The average Bonchev–Trinajstić information content (AvgIpc) is 2.69. The topological polar surface area (TPSA) is 72.5 Å². The molecule has 5 nitrogen and oxygen atoms in total. The van der Waals surface area contributed by atoms with Crippen molar-refractivity contribution >= 4 is 33.3 Å². The van der Waals surface area contributed by atoms with E-state index in [1.807, 2.05) is 19.1 Å². The van der Waals surface area contributed by atoms with Crippen molar-refractivity contribution in [1.29, 1.82) is 0 Å². The molecule has 0 aromatic heterocycles. The molecule has 3 rings (SSSR count). The van der Waals surface area contributed by atoms with Crippen LogP contribution in [0.3, 0.4) is 0 Å². The van der Waals surface area contributed by atoms with Crippen molar-refractivity contribution < 1.29 is 17.9 Å². The highest BCUT2D eigenvalue weighted by Crippen LogP contribution is 2.28. The van der Waals surface area contributed by atoms with E-state index in [1.54, 1.807) is 56.3 Å². The van der Waals surface area contributed by atoms with Gasteiger partial charge in [-0.3, -0.25) is 4.72 Å². The normalized spacial score (nSPS) is 11.2. The lowest BCUT2D eigenvalue weighted by Crippen LogP contribution is -2.14. The van der Waals surface area contributed by atoms with Crippen LogP contribution in [0, 0.1) is 20.8 Å². The number of nitrogens with one attached hydrogen (secondary N) is 1. The molecule has 0 fully saturated rings. The average molecular weight is 444 g/mol. The Morgan fingerprint density at radius 3 is 2.27 bits per heavy atom. The molecule has 0 heterocycles. The van der Waals surface area contributed by atoms with E-state index in [0.717, 1.165) is 16.7 Å². The van der Waals surface area contributed by atoms with Gasteiger partial charge in [0.1, 0.15) is 0 Å². The van der Waals surface area contributed by atoms with Crippen molar-refractivity contribution in [2.24, 2.45) is 0 Å². The largest absolute Gasteiger partial charge is 0.465 e. The van der Waals surface area contributed by atoms with Crippen LogP contribution in [0.1, 0.15) is 27.0 Å². The van der Waals surface area contributed by atoms with Crippen LogP contribution in [0.2, 0.25) is 5.02 Å². The number of rotatable bonds is 5. The van der Waals surface area contributed by atoms with E-state index in [0.29, 0.717) is 27.4 Å². The molecule has 0 radical (unpaired) electrons. The fourth-order valence-electron chi connectivity index (χ4n) is 3.20. The molecule has 0 amide bonds. The first-order chi connectivity index (χ1) is 14.1. The first-order valence-electron chi connectivity index (χ1n) is 9.21. The van der Waals surface area contributed by atoms with Crippen LogP contribution in [0.25, 0.3) is 11.1 Å². The summed E-state index contributed by atoms with van der Waals surface area (Å²) in [6, 6.07) is 15.7. The molecule has 156 valence electrons. The number of anilines is 1. The lowest BCUT2D eigenvalue weighted by atomic mass is 9.99. The second-order valence-corrected chi connectivity index (χ2v) is 9.13. The zero-order valence-electron chi connectivity index (χ0n) is 17.1. The minimum absolute atomic E-state index is 0.188. The van der Waals surface area contributed by atoms with E-state index in [-0.39, 0.29) is 4.90 Å². The van der Waals surface area contributed by atoms with Crippen LogP contribution in [-0.4, -0.2) is 21.5 Å². The van der Waals surface area contributed by atoms with Gasteiger partial charge in [-0.05, 0) is 78.9 Å². The van der Waals surface area contributed by atoms with Gasteiger partial charge in [-0.15, -0.1) is 0 Å². The Balaban J connectivity index is 1.94. The first-order valence-corrected chi connectivity index (χ1v) is 11.1. The van der Waals surface area contributed by atoms with Crippen LogP contribution in [0.4, 0.5) is 5.69 Å². The predicted molar refractivity (Wildman–Crippen MR) is 120 cm³/mol. The SMILES string of the molecule is COC(=O)c1ccc(-c2cccc(NS(=O)(=O)c3cc(C)c(Cl)cc3C)c2)cc1C. The van der Waals surface area contributed by atoms with Crippen LogP contribution < -0.4 is 4.72 Å². The van der Waals surface area contributed by atoms with Gasteiger partial charge in [-0.2, -0.15) is 0 Å². The molecule has 7 heteroatoms. The summed E-state index contributed by atoms with van der Waals surface area (Å²) >= 11 is 6.09. The Morgan fingerprint density at radius 1 is 0.900 bits per heavy atom. The van der Waals surface area contributed by atoms with E-state index in [1.165, 1.54) is 7.11 Å². The third kappa shape index (κ3) is 4.50. The second-order valence-electron chi connectivity index (χ2n) is 7.07. The van der Waals surface area contributed by atoms with Crippen LogP contribution >= 0.6 is 11.6 Å². The highest BCUT2D eigenvalue weighted by atomic mass is 35.5. The van der Waals surface area contributed by atoms with Gasteiger partial charge in [0.05, 0.1) is 17.6 Å². The van der Waals surface area contributed by atoms with E-state index in [4.69, 9.17) is 16.3 Å². The number of carbonyl (C=O) groups is 1. The summed E-state index contributed by atoms with van der Waals surface area (Å²) in [4.78, 5) is 12.0. The molecule has 0 aliphatic heterocycles. The Hall–Kier alpha value is -2.83. The molecule has 0 aliphatic rings. The Kier molecular flexibility index (Phi) is 6.19. The van der Waals surface area contributed by atoms with E-state index < -0.39 is 16.0 Å². The van der Waals surface area contributed by atoms with Crippen molar-refractivity contribution in [2.75, 3.05) is 11.8 Å². The summed E-state index contributed by atoms with van der Waals surface area (Å²) in [5, 5.41) is 0.527. The number of ether oxygens (including phenoxy) is 1. The molecule has 30 heavy (non-hydrogen) atoms. The molecule has 3 aromatic rings. The molecule has 3 aromatic carbocycles. The number of carbonyl (C=O) groups excluding carboxylic acids is 1. The fourth-order valence-corrected chi connectivity index (χ4v) is 4.78. The maximum Gasteiger partial charge on any atom is 0.338 e. The molecular weight excluding hydrogens is 422 g/mol. The monoisotopic (exact) mass is 443 g/mol. The molecule has 0 saturated carbocycles. The maximum atomic E-state index is 12.9. The van der Waals surface area contributed by atoms with Crippen molar-refractivity contribution in [3.8, 4) is 11.1 Å². The van der Waals surface area contributed by atoms with Gasteiger partial charge in [-0.1, -0.05) is 35.9 Å². The molecule has 0 saturated heterocycles. The van der Waals surface area contributed by atoms with Crippen molar-refractivity contribution in [3.05, 3.63) is 81.9 Å². The maximum absolute atomic E-state index is 12.9. The van der Waals surface area contributed by atoms with Gasteiger partial charge in [0.25, 0.3) is 10.0 Å². The highest BCUT2D eigenvalue weighted by molar-refractivity contribution is 7.92. The van der Waals surface area contributed by atoms with Gasteiger partial charge >= 0.3 is 5.97 Å². The third-order valence-corrected chi connectivity index (χ3v) is 6.76. The summed E-state index contributed by atoms with van der Waals surface area (Å²) in [5.74, 6) is -0.394. The van der Waals surface area contributed by atoms with E-state index in [9.17, 15) is 13.2 Å². The minimum atomic E-state index is -3.78.